The highest BCUT2D eigenvalue weighted by atomic mass is 79.9. The molecule has 1 amide bonds. The summed E-state index contributed by atoms with van der Waals surface area (Å²) < 4.78 is 0. The van der Waals surface area contributed by atoms with Crippen molar-refractivity contribution in [2.45, 2.75) is 45.9 Å². The van der Waals surface area contributed by atoms with Crippen LogP contribution in [0.1, 0.15) is 41.0 Å². The predicted molar refractivity (Wildman–Crippen MR) is 64.6 cm³/mol. The minimum Gasteiger partial charge on any atom is -0.355 e. The summed E-state index contributed by atoms with van der Waals surface area (Å²) in [6, 6.07) is 0. The van der Waals surface area contributed by atoms with Gasteiger partial charge in [-0.2, -0.15) is 0 Å². The first-order chi connectivity index (χ1) is 6.24. The summed E-state index contributed by atoms with van der Waals surface area (Å²) >= 11 is 3.38. The maximum absolute atomic E-state index is 11.5. The average molecular weight is 264 g/mol. The molecule has 0 saturated carbocycles. The van der Waals surface area contributed by atoms with Crippen molar-refractivity contribution in [3.63, 3.8) is 0 Å². The second kappa shape index (κ2) is 5.74. The van der Waals surface area contributed by atoms with E-state index in [1.54, 1.807) is 0 Å². The molecule has 0 aliphatic rings. The molecule has 0 aromatic rings. The van der Waals surface area contributed by atoms with E-state index in [4.69, 9.17) is 0 Å². The van der Waals surface area contributed by atoms with Gasteiger partial charge in [0.15, 0.2) is 0 Å². The molecule has 0 radical (unpaired) electrons. The van der Waals surface area contributed by atoms with Gasteiger partial charge in [-0.1, -0.05) is 50.5 Å². The van der Waals surface area contributed by atoms with E-state index in [2.05, 4.69) is 42.0 Å². The number of hydrogen-bond acceptors (Lipinski definition) is 1. The molecule has 0 heterocycles. The van der Waals surface area contributed by atoms with E-state index in [-0.39, 0.29) is 16.1 Å². The monoisotopic (exact) mass is 263 g/mol. The molecule has 2 nitrogen and oxygen atoms in total. The van der Waals surface area contributed by atoms with Crippen molar-refractivity contribution in [1.29, 1.82) is 0 Å². The van der Waals surface area contributed by atoms with Crippen LogP contribution in [0, 0.1) is 11.3 Å². The molecule has 84 valence electrons. The summed E-state index contributed by atoms with van der Waals surface area (Å²) in [4.78, 5) is 11.4. The molecular weight excluding hydrogens is 242 g/mol. The van der Waals surface area contributed by atoms with E-state index in [1.165, 1.54) is 0 Å². The molecule has 1 unspecified atom stereocenters. The fourth-order valence-electron chi connectivity index (χ4n) is 0.961. The largest absolute Gasteiger partial charge is 0.355 e. The molecule has 0 spiro atoms. The topological polar surface area (TPSA) is 29.1 Å². The molecule has 0 bridgehead atoms. The van der Waals surface area contributed by atoms with Crippen LogP contribution in [0.4, 0.5) is 0 Å². The quantitative estimate of drug-likeness (QED) is 0.777. The van der Waals surface area contributed by atoms with Crippen molar-refractivity contribution >= 4 is 21.8 Å². The first kappa shape index (κ1) is 13.9. The Bertz CT molecular complexity index is 184. The van der Waals surface area contributed by atoms with Gasteiger partial charge in [0, 0.05) is 6.54 Å². The fourth-order valence-corrected chi connectivity index (χ4v) is 1.12. The minimum atomic E-state index is -0.0672. The summed E-state index contributed by atoms with van der Waals surface area (Å²) in [6.07, 6.45) is 1.01. The molecule has 0 aliphatic heterocycles. The van der Waals surface area contributed by atoms with Gasteiger partial charge in [-0.15, -0.1) is 0 Å². The van der Waals surface area contributed by atoms with Crippen LogP contribution in [0.25, 0.3) is 0 Å². The number of nitrogens with one attached hydrogen (secondary N) is 1. The molecule has 3 heteroatoms. The Kier molecular flexibility index (Phi) is 5.72. The Morgan fingerprint density at radius 3 is 2.21 bits per heavy atom. The summed E-state index contributed by atoms with van der Waals surface area (Å²) in [5.74, 6) is 0.439. The second-order valence-corrected chi connectivity index (χ2v) is 6.23. The third-order valence-electron chi connectivity index (χ3n) is 2.01. The zero-order chi connectivity index (χ0) is 11.4. The smallest absolute Gasteiger partial charge is 0.234 e. The van der Waals surface area contributed by atoms with Crippen molar-refractivity contribution < 1.29 is 4.79 Å². The number of alkyl halides is 1. The van der Waals surface area contributed by atoms with Gasteiger partial charge < -0.3 is 5.32 Å². The van der Waals surface area contributed by atoms with Gasteiger partial charge in [0.2, 0.25) is 5.91 Å². The molecule has 0 rings (SSSR count). The van der Waals surface area contributed by atoms with Crippen LogP contribution < -0.4 is 5.32 Å². The molecule has 1 N–H and O–H groups in total. The summed E-state index contributed by atoms with van der Waals surface area (Å²) in [6.45, 7) is 11.3. The van der Waals surface area contributed by atoms with Crippen LogP contribution in [0.2, 0.25) is 0 Å². The Morgan fingerprint density at radius 1 is 1.36 bits per heavy atom. The second-order valence-electron chi connectivity index (χ2n) is 5.25. The summed E-state index contributed by atoms with van der Waals surface area (Å²) in [5.41, 5.74) is 0.285. The Balaban J connectivity index is 3.75. The molecule has 1 atom stereocenters. The maximum Gasteiger partial charge on any atom is 0.234 e. The van der Waals surface area contributed by atoms with Gasteiger partial charge in [0.05, 0.1) is 4.83 Å². The van der Waals surface area contributed by atoms with Gasteiger partial charge in [0.25, 0.3) is 0 Å². The number of rotatable bonds is 4. The van der Waals surface area contributed by atoms with Crippen LogP contribution >= 0.6 is 15.9 Å². The van der Waals surface area contributed by atoms with E-state index >= 15 is 0 Å². The third-order valence-corrected chi connectivity index (χ3v) is 3.48. The molecule has 14 heavy (non-hydrogen) atoms. The first-order valence-corrected chi connectivity index (χ1v) is 6.07. The standard InChI is InChI=1S/C11H22BrNO/c1-8(2)9(12)10(14)13-7-6-11(3,4)5/h8-9H,6-7H2,1-5H3,(H,13,14). The Morgan fingerprint density at radius 2 is 1.86 bits per heavy atom. The predicted octanol–water partition coefficient (Wildman–Crippen LogP) is 2.96. The number of hydrogen-bond donors (Lipinski definition) is 1. The lowest BCUT2D eigenvalue weighted by molar-refractivity contribution is -0.121. The lowest BCUT2D eigenvalue weighted by Crippen LogP contribution is -2.35. The van der Waals surface area contributed by atoms with Crippen molar-refractivity contribution in [3.05, 3.63) is 0 Å². The van der Waals surface area contributed by atoms with E-state index in [0.29, 0.717) is 5.92 Å². The van der Waals surface area contributed by atoms with E-state index < -0.39 is 0 Å². The third kappa shape index (κ3) is 6.41. The van der Waals surface area contributed by atoms with Crippen molar-refractivity contribution in [2.75, 3.05) is 6.54 Å². The molecule has 0 aromatic heterocycles. The lowest BCUT2D eigenvalue weighted by atomic mass is 9.92. The van der Waals surface area contributed by atoms with Crippen LogP contribution in [0.5, 0.6) is 0 Å². The van der Waals surface area contributed by atoms with Crippen molar-refractivity contribution in [3.8, 4) is 0 Å². The SMILES string of the molecule is CC(C)C(Br)C(=O)NCCC(C)(C)C. The lowest BCUT2D eigenvalue weighted by Gasteiger charge is -2.19. The highest BCUT2D eigenvalue weighted by Gasteiger charge is 2.18. The first-order valence-electron chi connectivity index (χ1n) is 5.16. The highest BCUT2D eigenvalue weighted by molar-refractivity contribution is 9.10. The molecule has 0 aliphatic carbocycles. The van der Waals surface area contributed by atoms with Crippen LogP contribution in [0.15, 0.2) is 0 Å². The molecule has 0 aromatic carbocycles. The number of halogens is 1. The summed E-state index contributed by atoms with van der Waals surface area (Å²) in [5, 5.41) is 2.93. The molecule has 0 fully saturated rings. The Hall–Kier alpha value is -0.0500. The zero-order valence-corrected chi connectivity index (χ0v) is 11.4. The van der Waals surface area contributed by atoms with Crippen molar-refractivity contribution in [2.24, 2.45) is 11.3 Å². The fraction of sp³-hybridized carbons (Fsp3) is 0.909. The van der Waals surface area contributed by atoms with Gasteiger partial charge in [-0.3, -0.25) is 4.79 Å². The Labute approximate surface area is 96.0 Å². The van der Waals surface area contributed by atoms with Gasteiger partial charge in [0.1, 0.15) is 0 Å². The van der Waals surface area contributed by atoms with Gasteiger partial charge in [-0.25, -0.2) is 0 Å². The summed E-state index contributed by atoms with van der Waals surface area (Å²) in [7, 11) is 0. The van der Waals surface area contributed by atoms with E-state index in [9.17, 15) is 4.79 Å². The van der Waals surface area contributed by atoms with Crippen LogP contribution in [-0.2, 0) is 4.79 Å². The number of carbonyl (C=O) groups excluding carboxylic acids is 1. The van der Waals surface area contributed by atoms with Crippen molar-refractivity contribution in [1.82, 2.24) is 5.32 Å². The van der Waals surface area contributed by atoms with Gasteiger partial charge >= 0.3 is 0 Å². The van der Waals surface area contributed by atoms with E-state index in [0.717, 1.165) is 13.0 Å². The number of amides is 1. The number of carbonyl (C=O) groups is 1. The van der Waals surface area contributed by atoms with E-state index in [1.807, 2.05) is 13.8 Å². The van der Waals surface area contributed by atoms with Crippen LogP contribution in [0.3, 0.4) is 0 Å². The average Bonchev–Trinajstić information content (AvgIpc) is 2.00. The molecular formula is C11H22BrNO. The van der Waals surface area contributed by atoms with Gasteiger partial charge in [-0.05, 0) is 17.8 Å². The highest BCUT2D eigenvalue weighted by Crippen LogP contribution is 2.17. The van der Waals surface area contributed by atoms with Crippen LogP contribution in [-0.4, -0.2) is 17.3 Å². The molecule has 0 saturated heterocycles. The zero-order valence-electron chi connectivity index (χ0n) is 9.86. The maximum atomic E-state index is 11.5. The normalized spacial score (nSPS) is 14.2. The minimum absolute atomic E-state index is 0.0672.